The molecule has 0 N–H and O–H groups in total. The highest BCUT2D eigenvalue weighted by atomic mass is 32.2. The zero-order valence-electron chi connectivity index (χ0n) is 18.0. The van der Waals surface area contributed by atoms with Gasteiger partial charge in [-0.25, -0.2) is 13.4 Å². The van der Waals surface area contributed by atoms with Crippen molar-refractivity contribution in [2.45, 2.75) is 24.3 Å². The SMILES string of the molecule is COc1ccc2nc(N(Cc3cccnc3)C(=O)CCCS(=O)(=O)c3ccccc3)sc2c1. The molecule has 2 aromatic carbocycles. The first-order chi connectivity index (χ1) is 16.0. The zero-order chi connectivity index (χ0) is 23.3. The summed E-state index contributed by atoms with van der Waals surface area (Å²) in [5, 5.41) is 0.554. The molecule has 0 radical (unpaired) electrons. The topological polar surface area (TPSA) is 89.5 Å². The molecule has 1 amide bonds. The van der Waals surface area contributed by atoms with Crippen molar-refractivity contribution in [3.63, 3.8) is 0 Å². The molecule has 2 heterocycles. The summed E-state index contributed by atoms with van der Waals surface area (Å²) in [4.78, 5) is 23.9. The van der Waals surface area contributed by atoms with E-state index >= 15 is 0 Å². The molecular weight excluding hydrogens is 458 g/mol. The molecule has 0 aliphatic carbocycles. The Hall–Kier alpha value is -3.30. The second kappa shape index (κ2) is 10.1. The van der Waals surface area contributed by atoms with Crippen LogP contribution < -0.4 is 9.64 Å². The standard InChI is InChI=1S/C24H23N3O4S2/c1-31-19-11-12-21-22(15-19)32-24(26-21)27(17-18-7-5-13-25-16-18)23(28)10-6-14-33(29,30)20-8-3-2-4-9-20/h2-5,7-9,11-13,15-16H,6,10,14,17H2,1H3. The summed E-state index contributed by atoms with van der Waals surface area (Å²) < 4.78 is 31.3. The average molecular weight is 482 g/mol. The minimum atomic E-state index is -3.44. The molecule has 0 saturated heterocycles. The maximum atomic E-state index is 13.2. The molecule has 7 nitrogen and oxygen atoms in total. The van der Waals surface area contributed by atoms with Crippen LogP contribution in [-0.2, 0) is 21.2 Å². The van der Waals surface area contributed by atoms with Gasteiger partial charge >= 0.3 is 0 Å². The first kappa shape index (κ1) is 22.9. The molecule has 0 atom stereocenters. The molecule has 4 aromatic rings. The van der Waals surface area contributed by atoms with Gasteiger partial charge in [0.25, 0.3) is 0 Å². The van der Waals surface area contributed by atoms with Crippen LogP contribution in [0.25, 0.3) is 10.2 Å². The first-order valence-corrected chi connectivity index (χ1v) is 12.8. The van der Waals surface area contributed by atoms with E-state index in [0.29, 0.717) is 17.4 Å². The molecule has 0 spiro atoms. The van der Waals surface area contributed by atoms with Gasteiger partial charge < -0.3 is 4.74 Å². The quantitative estimate of drug-likeness (QED) is 0.350. The molecule has 9 heteroatoms. The Bertz CT molecular complexity index is 1340. The third kappa shape index (κ3) is 5.55. The lowest BCUT2D eigenvalue weighted by Crippen LogP contribution is -2.30. The summed E-state index contributed by atoms with van der Waals surface area (Å²) in [6.45, 7) is 0.301. The molecule has 2 aromatic heterocycles. The normalized spacial score (nSPS) is 11.4. The first-order valence-electron chi connectivity index (χ1n) is 10.4. The van der Waals surface area contributed by atoms with Crippen LogP contribution in [0.2, 0.25) is 0 Å². The number of thiazole rings is 1. The highest BCUT2D eigenvalue weighted by Crippen LogP contribution is 2.32. The summed E-state index contributed by atoms with van der Waals surface area (Å²) in [5.74, 6) is 0.433. The van der Waals surface area contributed by atoms with Gasteiger partial charge in [-0.1, -0.05) is 35.6 Å². The van der Waals surface area contributed by atoms with Crippen LogP contribution in [0.15, 0.2) is 78.0 Å². The number of fused-ring (bicyclic) bond motifs is 1. The van der Waals surface area contributed by atoms with Crippen LogP contribution >= 0.6 is 11.3 Å². The number of anilines is 1. The number of sulfone groups is 1. The van der Waals surface area contributed by atoms with Crippen molar-refractivity contribution >= 4 is 42.4 Å². The number of carbonyl (C=O) groups excluding carboxylic acids is 1. The molecule has 33 heavy (non-hydrogen) atoms. The Labute approximate surface area is 196 Å². The van der Waals surface area contributed by atoms with Crippen LogP contribution in [0.5, 0.6) is 5.75 Å². The van der Waals surface area contributed by atoms with Gasteiger partial charge in [-0.3, -0.25) is 14.7 Å². The van der Waals surface area contributed by atoms with E-state index in [1.807, 2.05) is 30.3 Å². The Kier molecular flexibility index (Phi) is 7.00. The number of methoxy groups -OCH3 is 1. The predicted octanol–water partition coefficient (Wildman–Crippen LogP) is 4.49. The summed E-state index contributed by atoms with van der Waals surface area (Å²) >= 11 is 1.39. The second-order valence-electron chi connectivity index (χ2n) is 7.41. The number of amides is 1. The lowest BCUT2D eigenvalue weighted by atomic mass is 10.2. The smallest absolute Gasteiger partial charge is 0.229 e. The maximum Gasteiger partial charge on any atom is 0.229 e. The summed E-state index contributed by atoms with van der Waals surface area (Å²) in [6.07, 6.45) is 3.69. The maximum absolute atomic E-state index is 13.2. The fourth-order valence-electron chi connectivity index (χ4n) is 3.37. The van der Waals surface area contributed by atoms with E-state index in [0.717, 1.165) is 15.8 Å². The van der Waals surface area contributed by atoms with E-state index < -0.39 is 9.84 Å². The third-order valence-corrected chi connectivity index (χ3v) is 7.94. The molecule has 0 saturated carbocycles. The Morgan fingerprint density at radius 3 is 2.64 bits per heavy atom. The number of ether oxygens (including phenoxy) is 1. The third-order valence-electron chi connectivity index (χ3n) is 5.09. The van der Waals surface area contributed by atoms with Crippen LogP contribution in [0.4, 0.5) is 5.13 Å². The van der Waals surface area contributed by atoms with Crippen molar-refractivity contribution in [3.05, 3.63) is 78.6 Å². The van der Waals surface area contributed by atoms with Gasteiger partial charge in [0.1, 0.15) is 5.75 Å². The fraction of sp³-hybridized carbons (Fsp3) is 0.208. The van der Waals surface area contributed by atoms with Crippen molar-refractivity contribution < 1.29 is 17.9 Å². The van der Waals surface area contributed by atoms with Crippen molar-refractivity contribution in [2.24, 2.45) is 0 Å². The van der Waals surface area contributed by atoms with Gasteiger partial charge in [0, 0.05) is 18.8 Å². The molecule has 0 fully saturated rings. The summed E-state index contributed by atoms with van der Waals surface area (Å²) in [7, 11) is -1.84. The van der Waals surface area contributed by atoms with Gasteiger partial charge in [-0.15, -0.1) is 0 Å². The second-order valence-corrected chi connectivity index (χ2v) is 10.5. The van der Waals surface area contributed by atoms with Gasteiger partial charge in [-0.2, -0.15) is 0 Å². The number of pyridine rings is 1. The van der Waals surface area contributed by atoms with Gasteiger partial charge in [0.2, 0.25) is 5.91 Å². The van der Waals surface area contributed by atoms with Crippen LogP contribution in [0.3, 0.4) is 0 Å². The van der Waals surface area contributed by atoms with Crippen molar-refractivity contribution in [2.75, 3.05) is 17.8 Å². The number of aromatic nitrogens is 2. The van der Waals surface area contributed by atoms with E-state index in [9.17, 15) is 13.2 Å². The van der Waals surface area contributed by atoms with Crippen LogP contribution in [-0.4, -0.2) is 37.2 Å². The Morgan fingerprint density at radius 1 is 1.09 bits per heavy atom. The van der Waals surface area contributed by atoms with E-state index in [1.54, 1.807) is 54.7 Å². The number of nitrogens with zero attached hydrogens (tertiary/aromatic N) is 3. The van der Waals surface area contributed by atoms with Crippen molar-refractivity contribution in [3.8, 4) is 5.75 Å². The number of rotatable bonds is 9. The Morgan fingerprint density at radius 2 is 1.91 bits per heavy atom. The van der Waals surface area contributed by atoms with E-state index in [-0.39, 0.29) is 29.4 Å². The average Bonchev–Trinajstić information content (AvgIpc) is 3.26. The van der Waals surface area contributed by atoms with Crippen LogP contribution in [0, 0.1) is 0 Å². The van der Waals surface area contributed by atoms with Crippen molar-refractivity contribution in [1.82, 2.24) is 9.97 Å². The number of hydrogen-bond acceptors (Lipinski definition) is 7. The Balaban J connectivity index is 1.54. The van der Waals surface area contributed by atoms with Gasteiger partial charge in [0.15, 0.2) is 15.0 Å². The summed E-state index contributed by atoms with van der Waals surface area (Å²) in [5.41, 5.74) is 1.63. The number of carbonyl (C=O) groups is 1. The highest BCUT2D eigenvalue weighted by Gasteiger charge is 2.22. The zero-order valence-corrected chi connectivity index (χ0v) is 19.7. The molecule has 170 valence electrons. The molecule has 0 aliphatic rings. The van der Waals surface area contributed by atoms with E-state index in [4.69, 9.17) is 4.74 Å². The molecular formula is C24H23N3O4S2. The van der Waals surface area contributed by atoms with Crippen molar-refractivity contribution in [1.29, 1.82) is 0 Å². The molecule has 4 rings (SSSR count). The van der Waals surface area contributed by atoms with Gasteiger partial charge in [-0.05, 0) is 48.4 Å². The fourth-order valence-corrected chi connectivity index (χ4v) is 5.71. The molecule has 0 aliphatic heterocycles. The lowest BCUT2D eigenvalue weighted by molar-refractivity contribution is -0.118. The largest absolute Gasteiger partial charge is 0.497 e. The monoisotopic (exact) mass is 481 g/mol. The highest BCUT2D eigenvalue weighted by molar-refractivity contribution is 7.91. The van der Waals surface area contributed by atoms with Gasteiger partial charge in [0.05, 0.1) is 34.5 Å². The summed E-state index contributed by atoms with van der Waals surface area (Å²) in [6, 6.07) is 17.6. The minimum absolute atomic E-state index is 0.0889. The number of benzene rings is 2. The number of hydrogen-bond donors (Lipinski definition) is 0. The van der Waals surface area contributed by atoms with Crippen LogP contribution in [0.1, 0.15) is 18.4 Å². The van der Waals surface area contributed by atoms with E-state index in [2.05, 4.69) is 9.97 Å². The minimum Gasteiger partial charge on any atom is -0.497 e. The lowest BCUT2D eigenvalue weighted by Gasteiger charge is -2.20. The van der Waals surface area contributed by atoms with E-state index in [1.165, 1.54) is 11.3 Å². The predicted molar refractivity (Wildman–Crippen MR) is 129 cm³/mol. The molecule has 0 bridgehead atoms. The molecule has 0 unspecified atom stereocenters.